The van der Waals surface area contributed by atoms with Crippen LogP contribution in [0.4, 0.5) is 5.69 Å². The Kier molecular flexibility index (Phi) is 7.25. The summed E-state index contributed by atoms with van der Waals surface area (Å²) in [6, 6.07) is 10.1. The van der Waals surface area contributed by atoms with Gasteiger partial charge in [-0.1, -0.05) is 11.6 Å². The highest BCUT2D eigenvalue weighted by Gasteiger charge is 2.36. The molecule has 3 rings (SSSR count). The summed E-state index contributed by atoms with van der Waals surface area (Å²) in [5.74, 6) is -0.680. The molecule has 2 aromatic carbocycles. The summed E-state index contributed by atoms with van der Waals surface area (Å²) in [7, 11) is -3.62. The fraction of sp³-hybridized carbons (Fsp3) is 0.318. The van der Waals surface area contributed by atoms with Crippen molar-refractivity contribution in [1.82, 2.24) is 4.90 Å². The molecule has 8 nitrogen and oxygen atoms in total. The van der Waals surface area contributed by atoms with Gasteiger partial charge in [0.25, 0.3) is 5.91 Å². The Balaban J connectivity index is 1.79. The maximum absolute atomic E-state index is 13.2. The Bertz CT molecular complexity index is 1150. The molecule has 0 saturated carbocycles. The largest absolute Gasteiger partial charge is 0.462 e. The van der Waals surface area contributed by atoms with Crippen molar-refractivity contribution in [1.29, 1.82) is 0 Å². The summed E-state index contributed by atoms with van der Waals surface area (Å²) in [6.07, 6.45) is 1.05. The van der Waals surface area contributed by atoms with Gasteiger partial charge < -0.3 is 15.0 Å². The molecule has 170 valence electrons. The van der Waals surface area contributed by atoms with Crippen LogP contribution in [0.25, 0.3) is 0 Å². The third-order valence-electron chi connectivity index (χ3n) is 4.87. The topological polar surface area (TPSA) is 110 Å². The zero-order chi connectivity index (χ0) is 23.5. The summed E-state index contributed by atoms with van der Waals surface area (Å²) in [5.41, 5.74) is 1.65. The van der Waals surface area contributed by atoms with Crippen LogP contribution in [0, 0.1) is 6.92 Å². The van der Waals surface area contributed by atoms with Gasteiger partial charge in [-0.25, -0.2) is 13.2 Å². The number of carbonyl (C=O) groups is 3. The van der Waals surface area contributed by atoms with Crippen LogP contribution in [0.15, 0.2) is 47.4 Å². The molecule has 2 aromatic rings. The second-order valence-corrected chi connectivity index (χ2v) is 10.3. The van der Waals surface area contributed by atoms with Gasteiger partial charge in [0, 0.05) is 17.7 Å². The molecule has 1 unspecified atom stereocenters. The Hall–Kier alpha value is -2.85. The van der Waals surface area contributed by atoms with Crippen molar-refractivity contribution in [2.24, 2.45) is 0 Å². The maximum atomic E-state index is 13.2. The smallest absolute Gasteiger partial charge is 0.338 e. The molecule has 1 heterocycles. The Morgan fingerprint density at radius 3 is 2.47 bits per heavy atom. The number of benzene rings is 2. The lowest BCUT2D eigenvalue weighted by Crippen LogP contribution is -2.44. The van der Waals surface area contributed by atoms with E-state index in [4.69, 9.17) is 4.74 Å². The van der Waals surface area contributed by atoms with E-state index in [1.807, 2.05) is 0 Å². The average Bonchev–Trinajstić information content (AvgIpc) is 3.23. The monoisotopic (exact) mass is 476 g/mol. The van der Waals surface area contributed by atoms with E-state index in [1.165, 1.54) is 28.8 Å². The fourth-order valence-corrected chi connectivity index (χ4v) is 5.29. The van der Waals surface area contributed by atoms with Gasteiger partial charge >= 0.3 is 5.97 Å². The van der Waals surface area contributed by atoms with E-state index >= 15 is 0 Å². The first-order valence-corrected chi connectivity index (χ1v) is 12.9. The van der Waals surface area contributed by atoms with Crippen molar-refractivity contribution in [3.05, 3.63) is 59.2 Å². The summed E-state index contributed by atoms with van der Waals surface area (Å²) < 4.78 is 29.3. The van der Waals surface area contributed by atoms with Crippen LogP contribution >= 0.6 is 11.8 Å². The van der Waals surface area contributed by atoms with Crippen LogP contribution in [0.5, 0.6) is 0 Å². The van der Waals surface area contributed by atoms with Crippen molar-refractivity contribution in [2.75, 3.05) is 29.8 Å². The Labute approximate surface area is 191 Å². The van der Waals surface area contributed by atoms with Gasteiger partial charge in [0.15, 0.2) is 9.84 Å². The third-order valence-corrected chi connectivity index (χ3v) is 7.04. The highest BCUT2D eigenvalue weighted by atomic mass is 32.2. The van der Waals surface area contributed by atoms with E-state index in [9.17, 15) is 22.8 Å². The Morgan fingerprint density at radius 2 is 1.84 bits per heavy atom. The fourth-order valence-electron chi connectivity index (χ4n) is 3.28. The second kappa shape index (κ2) is 9.74. The molecule has 0 bridgehead atoms. The van der Waals surface area contributed by atoms with E-state index in [0.717, 1.165) is 11.8 Å². The first-order chi connectivity index (χ1) is 15.1. The molecule has 0 aromatic heterocycles. The van der Waals surface area contributed by atoms with Crippen molar-refractivity contribution in [3.63, 3.8) is 0 Å². The molecule has 1 aliphatic rings. The van der Waals surface area contributed by atoms with Crippen LogP contribution in [0.1, 0.15) is 33.2 Å². The van der Waals surface area contributed by atoms with Gasteiger partial charge in [-0.05, 0) is 50.2 Å². The van der Waals surface area contributed by atoms with Gasteiger partial charge in [0.05, 0.1) is 28.5 Å². The minimum atomic E-state index is -3.62. The van der Waals surface area contributed by atoms with Crippen LogP contribution in [0.2, 0.25) is 0 Å². The van der Waals surface area contributed by atoms with Gasteiger partial charge in [0.2, 0.25) is 5.91 Å². The number of amides is 2. The van der Waals surface area contributed by atoms with Crippen molar-refractivity contribution in [3.8, 4) is 0 Å². The van der Waals surface area contributed by atoms with Gasteiger partial charge in [-0.15, -0.1) is 11.8 Å². The second-order valence-electron chi connectivity index (χ2n) is 7.35. The molecule has 0 aliphatic carbocycles. The number of nitrogens with zero attached hydrogens (tertiary/aromatic N) is 1. The molecule has 1 saturated heterocycles. The number of thioether (sulfide) groups is 1. The van der Waals surface area contributed by atoms with Crippen LogP contribution in [0.3, 0.4) is 0 Å². The van der Waals surface area contributed by atoms with Crippen LogP contribution < -0.4 is 5.32 Å². The van der Waals surface area contributed by atoms with Gasteiger partial charge in [-0.2, -0.15) is 0 Å². The maximum Gasteiger partial charge on any atom is 0.338 e. The first kappa shape index (κ1) is 23.8. The van der Waals surface area contributed by atoms with Crippen molar-refractivity contribution >= 4 is 45.1 Å². The van der Waals surface area contributed by atoms with E-state index in [1.54, 1.807) is 44.2 Å². The lowest BCUT2D eigenvalue weighted by atomic mass is 10.1. The number of carbonyl (C=O) groups excluding carboxylic acids is 3. The number of sulfone groups is 1. The van der Waals surface area contributed by atoms with E-state index in [0.29, 0.717) is 17.0 Å². The van der Waals surface area contributed by atoms with Crippen LogP contribution in [-0.2, 0) is 19.4 Å². The first-order valence-electron chi connectivity index (χ1n) is 9.89. The molecule has 10 heteroatoms. The molecule has 1 fully saturated rings. The minimum Gasteiger partial charge on any atom is -0.462 e. The van der Waals surface area contributed by atoms with Crippen molar-refractivity contribution < 1.29 is 27.5 Å². The molecule has 0 radical (unpaired) electrons. The molecule has 1 atom stereocenters. The standard InChI is InChI=1S/C22H24N2O6S2/c1-4-30-22(27)15-6-8-16(9-7-15)23-20(25)18-12-31-13-24(18)21(26)17-11-14(2)5-10-19(17)32(3,28)29/h5-11,18H,4,12-13H2,1-3H3,(H,23,25). The molecule has 2 amide bonds. The molecule has 1 aliphatic heterocycles. The summed E-state index contributed by atoms with van der Waals surface area (Å²) >= 11 is 1.42. The number of rotatable bonds is 6. The summed E-state index contributed by atoms with van der Waals surface area (Å²) in [4.78, 5) is 39.2. The highest BCUT2D eigenvalue weighted by Crippen LogP contribution is 2.27. The quantitative estimate of drug-likeness (QED) is 0.639. The highest BCUT2D eigenvalue weighted by molar-refractivity contribution is 7.99. The number of hydrogen-bond acceptors (Lipinski definition) is 7. The van der Waals surface area contributed by atoms with Crippen LogP contribution in [-0.4, -0.2) is 61.6 Å². The normalized spacial score (nSPS) is 16.0. The van der Waals surface area contributed by atoms with Gasteiger partial charge in [0.1, 0.15) is 6.04 Å². The van der Waals surface area contributed by atoms with Crippen molar-refractivity contribution in [2.45, 2.75) is 24.8 Å². The average molecular weight is 477 g/mol. The SMILES string of the molecule is CCOC(=O)c1ccc(NC(=O)C2CSCN2C(=O)c2cc(C)ccc2S(C)(=O)=O)cc1. The minimum absolute atomic E-state index is 0.0567. The van der Waals surface area contributed by atoms with Gasteiger partial charge in [-0.3, -0.25) is 9.59 Å². The summed E-state index contributed by atoms with van der Waals surface area (Å²) in [6.45, 7) is 3.75. The Morgan fingerprint density at radius 1 is 1.16 bits per heavy atom. The summed E-state index contributed by atoms with van der Waals surface area (Å²) in [5, 5.41) is 2.76. The van der Waals surface area contributed by atoms with E-state index < -0.39 is 27.8 Å². The lowest BCUT2D eigenvalue weighted by Gasteiger charge is -2.24. The molecular formula is C22H24N2O6S2. The third kappa shape index (κ3) is 5.31. The number of esters is 1. The zero-order valence-electron chi connectivity index (χ0n) is 18.0. The zero-order valence-corrected chi connectivity index (χ0v) is 19.6. The molecule has 1 N–H and O–H groups in total. The molecular weight excluding hydrogens is 452 g/mol. The van der Waals surface area contributed by atoms with E-state index in [2.05, 4.69) is 5.32 Å². The predicted octanol–water partition coefficient (Wildman–Crippen LogP) is 2.73. The number of aryl methyl sites for hydroxylation is 1. The number of nitrogens with one attached hydrogen (secondary N) is 1. The lowest BCUT2D eigenvalue weighted by molar-refractivity contribution is -0.119. The number of ether oxygens (including phenoxy) is 1. The van der Waals surface area contributed by atoms with E-state index in [-0.39, 0.29) is 28.8 Å². The number of hydrogen-bond donors (Lipinski definition) is 1. The molecule has 32 heavy (non-hydrogen) atoms. The molecule has 0 spiro atoms. The predicted molar refractivity (Wildman–Crippen MR) is 123 cm³/mol. The number of anilines is 1.